The van der Waals surface area contributed by atoms with Crippen LogP contribution in [0.2, 0.25) is 0 Å². The summed E-state index contributed by atoms with van der Waals surface area (Å²) in [5, 5.41) is 0.742. The summed E-state index contributed by atoms with van der Waals surface area (Å²) in [5.41, 5.74) is 0.416. The van der Waals surface area contributed by atoms with Gasteiger partial charge in [-0.05, 0) is 31.0 Å². The van der Waals surface area contributed by atoms with Crippen molar-refractivity contribution in [2.45, 2.75) is 31.7 Å². The molecule has 0 radical (unpaired) electrons. The fourth-order valence-corrected chi connectivity index (χ4v) is 3.45. The second-order valence-corrected chi connectivity index (χ2v) is 6.49. The number of hydrogen-bond donors (Lipinski definition) is 0. The van der Waals surface area contributed by atoms with Gasteiger partial charge in [0, 0.05) is 28.0 Å². The van der Waals surface area contributed by atoms with Gasteiger partial charge in [0.15, 0.2) is 0 Å². The van der Waals surface area contributed by atoms with E-state index in [1.807, 2.05) is 4.90 Å². The Morgan fingerprint density at radius 3 is 2.58 bits per heavy atom. The van der Waals surface area contributed by atoms with Crippen molar-refractivity contribution in [3.8, 4) is 0 Å². The van der Waals surface area contributed by atoms with Gasteiger partial charge in [-0.15, -0.1) is 0 Å². The van der Waals surface area contributed by atoms with E-state index in [0.717, 1.165) is 18.2 Å². The van der Waals surface area contributed by atoms with Gasteiger partial charge < -0.3 is 4.90 Å². The fraction of sp³-hybridized carbons (Fsp3) is 0.500. The van der Waals surface area contributed by atoms with Gasteiger partial charge in [0.2, 0.25) is 0 Å². The maximum atomic E-state index is 13.4. The lowest BCUT2D eigenvalue weighted by Gasteiger charge is -2.28. The summed E-state index contributed by atoms with van der Waals surface area (Å²) < 4.78 is 14.0. The zero-order chi connectivity index (χ0) is 13.8. The van der Waals surface area contributed by atoms with Crippen LogP contribution >= 0.6 is 31.9 Å². The molecule has 0 atom stereocenters. The van der Waals surface area contributed by atoms with Gasteiger partial charge in [-0.2, -0.15) is 0 Å². The molecule has 1 aliphatic rings. The zero-order valence-electron chi connectivity index (χ0n) is 10.5. The molecule has 1 aromatic rings. The maximum Gasteiger partial charge on any atom is 0.254 e. The van der Waals surface area contributed by atoms with Crippen LogP contribution < -0.4 is 0 Å². The summed E-state index contributed by atoms with van der Waals surface area (Å²) in [6.45, 7) is 0.664. The van der Waals surface area contributed by atoms with E-state index < -0.39 is 0 Å². The summed E-state index contributed by atoms with van der Waals surface area (Å²) in [4.78, 5) is 14.4. The van der Waals surface area contributed by atoms with Crippen LogP contribution in [0, 0.1) is 5.82 Å². The number of carbonyl (C=O) groups is 1. The van der Waals surface area contributed by atoms with E-state index >= 15 is 0 Å². The average Bonchev–Trinajstić information content (AvgIpc) is 2.87. The molecular weight excluding hydrogens is 377 g/mol. The van der Waals surface area contributed by atoms with Gasteiger partial charge in [0.1, 0.15) is 5.82 Å². The molecule has 0 unspecified atom stereocenters. The van der Waals surface area contributed by atoms with E-state index in [4.69, 9.17) is 0 Å². The second kappa shape index (κ2) is 6.84. The number of hydrogen-bond acceptors (Lipinski definition) is 1. The minimum atomic E-state index is -0.386. The van der Waals surface area contributed by atoms with Gasteiger partial charge in [-0.3, -0.25) is 4.79 Å². The molecule has 0 bridgehead atoms. The molecule has 104 valence electrons. The van der Waals surface area contributed by atoms with Gasteiger partial charge in [0.05, 0.1) is 0 Å². The first kappa shape index (κ1) is 15.0. The smallest absolute Gasteiger partial charge is 0.254 e. The monoisotopic (exact) mass is 391 g/mol. The highest BCUT2D eigenvalue weighted by atomic mass is 79.9. The van der Waals surface area contributed by atoms with E-state index in [2.05, 4.69) is 31.9 Å². The van der Waals surface area contributed by atoms with Crippen molar-refractivity contribution >= 4 is 37.8 Å². The third-order valence-electron chi connectivity index (χ3n) is 3.46. The Labute approximate surface area is 129 Å². The Morgan fingerprint density at radius 1 is 1.32 bits per heavy atom. The van der Waals surface area contributed by atoms with Gasteiger partial charge in [0.25, 0.3) is 5.91 Å². The summed E-state index contributed by atoms with van der Waals surface area (Å²) in [5.74, 6) is -0.463. The van der Waals surface area contributed by atoms with Crippen molar-refractivity contribution in [2.24, 2.45) is 0 Å². The highest BCUT2D eigenvalue weighted by Crippen LogP contribution is 2.26. The first-order valence-electron chi connectivity index (χ1n) is 6.45. The van der Waals surface area contributed by atoms with Crippen LogP contribution in [0.1, 0.15) is 36.0 Å². The van der Waals surface area contributed by atoms with E-state index in [9.17, 15) is 9.18 Å². The normalized spacial score (nSPS) is 15.7. The first-order chi connectivity index (χ1) is 9.11. The van der Waals surface area contributed by atoms with Crippen LogP contribution in [-0.2, 0) is 0 Å². The highest BCUT2D eigenvalue weighted by Gasteiger charge is 2.27. The van der Waals surface area contributed by atoms with Crippen LogP contribution in [0.3, 0.4) is 0 Å². The van der Waals surface area contributed by atoms with Crippen LogP contribution in [0.5, 0.6) is 0 Å². The van der Waals surface area contributed by atoms with E-state index in [1.165, 1.54) is 25.0 Å². The van der Waals surface area contributed by atoms with Crippen molar-refractivity contribution < 1.29 is 9.18 Å². The topological polar surface area (TPSA) is 20.3 Å². The second-order valence-electron chi connectivity index (χ2n) is 4.78. The summed E-state index contributed by atoms with van der Waals surface area (Å²) in [7, 11) is 0. The van der Waals surface area contributed by atoms with Crippen LogP contribution in [-0.4, -0.2) is 28.7 Å². The third-order valence-corrected chi connectivity index (χ3v) is 4.27. The zero-order valence-corrected chi connectivity index (χ0v) is 13.7. The lowest BCUT2D eigenvalue weighted by atomic mass is 10.1. The Bertz CT molecular complexity index is 441. The molecule has 1 saturated carbocycles. The predicted molar refractivity (Wildman–Crippen MR) is 81.2 cm³/mol. The molecule has 0 aromatic heterocycles. The van der Waals surface area contributed by atoms with Crippen molar-refractivity contribution in [1.82, 2.24) is 4.90 Å². The molecule has 2 nitrogen and oxygen atoms in total. The van der Waals surface area contributed by atoms with Crippen molar-refractivity contribution in [3.05, 3.63) is 34.1 Å². The fourth-order valence-electron chi connectivity index (χ4n) is 2.60. The molecular formula is C14H16Br2FNO. The molecule has 1 aromatic carbocycles. The molecule has 1 amide bonds. The summed E-state index contributed by atoms with van der Waals surface area (Å²) in [6, 6.07) is 4.65. The number of rotatable bonds is 4. The van der Waals surface area contributed by atoms with Crippen molar-refractivity contribution in [1.29, 1.82) is 0 Å². The van der Waals surface area contributed by atoms with Crippen LogP contribution in [0.15, 0.2) is 22.7 Å². The molecule has 0 spiro atoms. The van der Waals surface area contributed by atoms with Crippen molar-refractivity contribution in [2.75, 3.05) is 11.9 Å². The molecule has 5 heteroatoms. The number of benzene rings is 1. The Balaban J connectivity index is 2.22. The lowest BCUT2D eigenvalue weighted by Crippen LogP contribution is -2.40. The van der Waals surface area contributed by atoms with E-state index in [1.54, 1.807) is 6.07 Å². The van der Waals surface area contributed by atoms with Crippen LogP contribution in [0.25, 0.3) is 0 Å². The number of amides is 1. The first-order valence-corrected chi connectivity index (χ1v) is 8.36. The maximum absolute atomic E-state index is 13.4. The summed E-state index contributed by atoms with van der Waals surface area (Å²) >= 11 is 6.62. The molecule has 2 rings (SSSR count). The molecule has 0 heterocycles. The molecule has 0 N–H and O–H groups in total. The molecule has 1 fully saturated rings. The minimum Gasteiger partial charge on any atom is -0.335 e. The van der Waals surface area contributed by atoms with Gasteiger partial charge in [-0.1, -0.05) is 44.7 Å². The highest BCUT2D eigenvalue weighted by molar-refractivity contribution is 9.10. The standard InChI is InChI=1S/C14H16Br2FNO/c15-5-6-18(13-3-1-2-4-13)14(19)10-7-11(16)9-12(17)8-10/h7-9,13H,1-6H2. The SMILES string of the molecule is O=C(c1cc(F)cc(Br)c1)N(CCBr)C1CCCC1. The Morgan fingerprint density at radius 2 is 2.00 bits per heavy atom. The number of halogens is 3. The quantitative estimate of drug-likeness (QED) is 0.696. The molecule has 0 aliphatic heterocycles. The average molecular weight is 393 g/mol. The lowest BCUT2D eigenvalue weighted by molar-refractivity contribution is 0.0695. The predicted octanol–water partition coefficient (Wildman–Crippen LogP) is 4.37. The van der Waals surface area contributed by atoms with Crippen molar-refractivity contribution in [3.63, 3.8) is 0 Å². The Hall–Kier alpha value is -0.420. The minimum absolute atomic E-state index is 0.0773. The molecule has 19 heavy (non-hydrogen) atoms. The Kier molecular flexibility index (Phi) is 5.39. The number of alkyl halides is 1. The third kappa shape index (κ3) is 3.78. The summed E-state index contributed by atoms with van der Waals surface area (Å²) in [6.07, 6.45) is 4.44. The molecule has 0 saturated heterocycles. The molecule has 1 aliphatic carbocycles. The number of carbonyl (C=O) groups excluding carboxylic acids is 1. The van der Waals surface area contributed by atoms with Gasteiger partial charge in [-0.25, -0.2) is 4.39 Å². The van der Waals surface area contributed by atoms with E-state index in [-0.39, 0.29) is 11.7 Å². The van der Waals surface area contributed by atoms with Gasteiger partial charge >= 0.3 is 0 Å². The number of nitrogens with zero attached hydrogens (tertiary/aromatic N) is 1. The van der Waals surface area contributed by atoms with Crippen LogP contribution in [0.4, 0.5) is 4.39 Å². The largest absolute Gasteiger partial charge is 0.335 e. The van der Waals surface area contributed by atoms with E-state index in [0.29, 0.717) is 22.6 Å².